The number of phosphoric acid groups is 1. The summed E-state index contributed by atoms with van der Waals surface area (Å²) in [6.07, 6.45) is 21.2. The van der Waals surface area contributed by atoms with Gasteiger partial charge >= 0.3 is 7.82 Å². The van der Waals surface area contributed by atoms with Crippen LogP contribution in [0.1, 0.15) is 181 Å². The first-order valence-corrected chi connectivity index (χ1v) is 23.9. The number of aliphatic hydroxyl groups is 7. The molecule has 8 atom stereocenters. The number of carbonyl (C=O) groups is 1. The zero-order chi connectivity index (χ0) is 42.3. The van der Waals surface area contributed by atoms with E-state index in [1.165, 1.54) is 89.5 Å². The molecule has 57 heavy (non-hydrogen) atoms. The fraction of sp³-hybridized carbons (Fsp3) is 0.884. The molecule has 0 radical (unpaired) electrons. The Balaban J connectivity index is 2.60. The van der Waals surface area contributed by atoms with E-state index in [9.17, 15) is 50.0 Å². The van der Waals surface area contributed by atoms with Gasteiger partial charge in [0.1, 0.15) is 36.6 Å². The monoisotopic (exact) mass is 836 g/mol. The molecule has 1 aliphatic carbocycles. The van der Waals surface area contributed by atoms with E-state index in [0.717, 1.165) is 64.2 Å². The highest BCUT2D eigenvalue weighted by Gasteiger charge is 2.51. The van der Waals surface area contributed by atoms with Crippen molar-refractivity contribution >= 4 is 13.7 Å². The SMILES string of the molecule is CCCCCC/C=C\CCCCCCCC(O)CC(=O)NC(COP(=O)(O)OC1C(O)C(O)C(O)C(O)C1O)C(O)/C=C/CCCCCCCCCCCCCC. The van der Waals surface area contributed by atoms with Crippen LogP contribution in [0, 0.1) is 0 Å². The van der Waals surface area contributed by atoms with Crippen LogP contribution in [0.25, 0.3) is 0 Å². The summed E-state index contributed by atoms with van der Waals surface area (Å²) < 4.78 is 22.8. The van der Waals surface area contributed by atoms with Gasteiger partial charge in [0.05, 0.1) is 31.3 Å². The molecule has 9 N–H and O–H groups in total. The highest BCUT2D eigenvalue weighted by molar-refractivity contribution is 7.47. The minimum absolute atomic E-state index is 0.249. The van der Waals surface area contributed by atoms with Crippen LogP contribution in [0.5, 0.6) is 0 Å². The molecule has 0 spiro atoms. The van der Waals surface area contributed by atoms with E-state index in [2.05, 4.69) is 31.3 Å². The van der Waals surface area contributed by atoms with Gasteiger partial charge in [0, 0.05) is 0 Å². The van der Waals surface area contributed by atoms with Crippen LogP contribution in [0.15, 0.2) is 24.3 Å². The number of carbonyl (C=O) groups excluding carboxylic acids is 1. The Morgan fingerprint density at radius 1 is 0.614 bits per heavy atom. The van der Waals surface area contributed by atoms with Gasteiger partial charge in [-0.1, -0.05) is 154 Å². The van der Waals surface area contributed by atoms with Gasteiger partial charge in [-0.05, 0) is 44.9 Å². The van der Waals surface area contributed by atoms with Gasteiger partial charge in [0.15, 0.2) is 0 Å². The fourth-order valence-electron chi connectivity index (χ4n) is 7.06. The molecule has 0 aromatic heterocycles. The van der Waals surface area contributed by atoms with Crippen LogP contribution in [0.3, 0.4) is 0 Å². The third-order valence-corrected chi connectivity index (χ3v) is 11.8. The van der Waals surface area contributed by atoms with Crippen molar-refractivity contribution in [2.75, 3.05) is 6.61 Å². The molecule has 0 aliphatic heterocycles. The summed E-state index contributed by atoms with van der Waals surface area (Å²) in [5.41, 5.74) is 0. The van der Waals surface area contributed by atoms with Gasteiger partial charge in [0.2, 0.25) is 5.91 Å². The Morgan fingerprint density at radius 2 is 1.02 bits per heavy atom. The highest BCUT2D eigenvalue weighted by Crippen LogP contribution is 2.47. The van der Waals surface area contributed by atoms with Gasteiger partial charge < -0.3 is 46.0 Å². The Bertz CT molecular complexity index is 1080. The topological polar surface area (TPSA) is 226 Å². The minimum atomic E-state index is -5.14. The van der Waals surface area contributed by atoms with E-state index in [-0.39, 0.29) is 6.42 Å². The van der Waals surface area contributed by atoms with Gasteiger partial charge in [0.25, 0.3) is 0 Å². The summed E-state index contributed by atoms with van der Waals surface area (Å²) >= 11 is 0. The van der Waals surface area contributed by atoms with Crippen molar-refractivity contribution in [1.82, 2.24) is 5.32 Å². The van der Waals surface area contributed by atoms with Crippen molar-refractivity contribution in [3.63, 3.8) is 0 Å². The molecule has 1 rings (SSSR count). The maximum atomic E-state index is 13.0. The summed E-state index contributed by atoms with van der Waals surface area (Å²) in [5, 5.41) is 74.3. The maximum absolute atomic E-state index is 13.0. The first-order chi connectivity index (χ1) is 27.3. The summed E-state index contributed by atoms with van der Waals surface area (Å²) in [5.74, 6) is -0.599. The van der Waals surface area contributed by atoms with Crippen molar-refractivity contribution in [2.24, 2.45) is 0 Å². The predicted octanol–water partition coefficient (Wildman–Crippen LogP) is 6.81. The molecule has 0 saturated heterocycles. The van der Waals surface area contributed by atoms with E-state index in [1.54, 1.807) is 6.08 Å². The number of aliphatic hydroxyl groups excluding tert-OH is 7. The summed E-state index contributed by atoms with van der Waals surface area (Å²) in [7, 11) is -5.14. The Hall–Kier alpha value is -1.22. The Kier molecular flexibility index (Phi) is 31.6. The van der Waals surface area contributed by atoms with E-state index < -0.39 is 75.2 Å². The highest BCUT2D eigenvalue weighted by atomic mass is 31.2. The number of phosphoric ester groups is 1. The van der Waals surface area contributed by atoms with Gasteiger partial charge in [-0.25, -0.2) is 4.57 Å². The zero-order valence-corrected chi connectivity index (χ0v) is 36.1. The molecule has 0 heterocycles. The molecule has 14 heteroatoms. The Morgan fingerprint density at radius 3 is 1.51 bits per heavy atom. The molecule has 13 nitrogen and oxygen atoms in total. The third-order valence-electron chi connectivity index (χ3n) is 10.8. The van der Waals surface area contributed by atoms with Crippen molar-refractivity contribution in [3.8, 4) is 0 Å². The molecule has 0 aromatic carbocycles. The standard InChI is InChI=1S/C43H82NO12P/c1-3-5-7-9-11-13-15-17-19-21-23-25-27-29-31-36(46)35(33-55-57(53,54)56-43-41(51)39(49)38(48)40(50)42(43)52)44-37(47)32-34(45)30-28-26-24-22-20-18-16-14-12-10-8-6-4-2/h14,16,29,31,34-36,38-43,45-46,48-52H,3-13,15,17-28,30,32-33H2,1-2H3,(H,44,47)(H,53,54)/b16-14-,31-29+. The zero-order valence-electron chi connectivity index (χ0n) is 35.3. The molecular weight excluding hydrogens is 753 g/mol. The number of amides is 1. The molecule has 0 aromatic rings. The van der Waals surface area contributed by atoms with Crippen LogP contribution in [0.2, 0.25) is 0 Å². The summed E-state index contributed by atoms with van der Waals surface area (Å²) in [6, 6.07) is -1.24. The van der Waals surface area contributed by atoms with Gasteiger partial charge in [-0.2, -0.15) is 0 Å². The minimum Gasteiger partial charge on any atom is -0.393 e. The number of rotatable bonds is 36. The maximum Gasteiger partial charge on any atom is 0.472 e. The summed E-state index contributed by atoms with van der Waals surface area (Å²) in [6.45, 7) is 3.70. The normalized spacial score (nSPS) is 24.2. The molecule has 336 valence electrons. The third kappa shape index (κ3) is 25.9. The largest absolute Gasteiger partial charge is 0.472 e. The van der Waals surface area contributed by atoms with E-state index >= 15 is 0 Å². The summed E-state index contributed by atoms with van der Waals surface area (Å²) in [4.78, 5) is 23.4. The number of nitrogens with one attached hydrogen (secondary N) is 1. The van der Waals surface area contributed by atoms with Crippen molar-refractivity contribution in [3.05, 3.63) is 24.3 Å². The Labute approximate surface area is 344 Å². The molecule has 1 saturated carbocycles. The average Bonchev–Trinajstić information content (AvgIpc) is 3.18. The van der Waals surface area contributed by atoms with Crippen LogP contribution in [0.4, 0.5) is 0 Å². The number of unbranched alkanes of at least 4 members (excludes halogenated alkanes) is 21. The van der Waals surface area contributed by atoms with Crippen molar-refractivity contribution < 1.29 is 59.0 Å². The van der Waals surface area contributed by atoms with E-state index in [1.807, 2.05) is 0 Å². The lowest BCUT2D eigenvalue weighted by molar-refractivity contribution is -0.220. The van der Waals surface area contributed by atoms with Crippen LogP contribution >= 0.6 is 7.82 Å². The second-order valence-corrected chi connectivity index (χ2v) is 17.5. The lowest BCUT2D eigenvalue weighted by Crippen LogP contribution is -2.64. The second kappa shape index (κ2) is 33.5. The number of hydrogen-bond donors (Lipinski definition) is 9. The molecule has 1 aliphatic rings. The predicted molar refractivity (Wildman–Crippen MR) is 224 cm³/mol. The quantitative estimate of drug-likeness (QED) is 0.0180. The second-order valence-electron chi connectivity index (χ2n) is 16.1. The van der Waals surface area contributed by atoms with Gasteiger partial charge in [-0.3, -0.25) is 13.8 Å². The first kappa shape index (κ1) is 53.8. The lowest BCUT2D eigenvalue weighted by Gasteiger charge is -2.41. The van der Waals surface area contributed by atoms with Crippen LogP contribution in [-0.4, -0.2) is 108 Å². The molecule has 1 fully saturated rings. The molecule has 0 bridgehead atoms. The van der Waals surface area contributed by atoms with Crippen molar-refractivity contribution in [2.45, 2.75) is 236 Å². The van der Waals surface area contributed by atoms with Crippen molar-refractivity contribution in [1.29, 1.82) is 0 Å². The molecule has 1 amide bonds. The van der Waals surface area contributed by atoms with Gasteiger partial charge in [-0.15, -0.1) is 0 Å². The van der Waals surface area contributed by atoms with Crippen LogP contribution in [-0.2, 0) is 18.4 Å². The number of hydrogen-bond acceptors (Lipinski definition) is 11. The van der Waals surface area contributed by atoms with E-state index in [0.29, 0.717) is 12.8 Å². The first-order valence-electron chi connectivity index (χ1n) is 22.4. The van der Waals surface area contributed by atoms with Crippen LogP contribution < -0.4 is 5.32 Å². The lowest BCUT2D eigenvalue weighted by atomic mass is 9.85. The fourth-order valence-corrected chi connectivity index (χ4v) is 8.02. The number of allylic oxidation sites excluding steroid dienone is 3. The molecular formula is C43H82NO12P. The average molecular weight is 836 g/mol. The van der Waals surface area contributed by atoms with E-state index in [4.69, 9.17) is 9.05 Å². The smallest absolute Gasteiger partial charge is 0.393 e. The molecule has 8 unspecified atom stereocenters.